The van der Waals surface area contributed by atoms with E-state index in [1.165, 1.54) is 19.3 Å². The van der Waals surface area contributed by atoms with Crippen molar-refractivity contribution in [2.45, 2.75) is 32.1 Å². The molecule has 1 aromatic heterocycles. The van der Waals surface area contributed by atoms with Crippen LogP contribution in [0.25, 0.3) is 12.2 Å². The van der Waals surface area contributed by atoms with Gasteiger partial charge in [0.05, 0.1) is 11.4 Å². The van der Waals surface area contributed by atoms with Gasteiger partial charge in [0, 0.05) is 5.92 Å². The average molecular weight is 202 g/mol. The summed E-state index contributed by atoms with van der Waals surface area (Å²) in [6.07, 6.45) is 7.49. The highest BCUT2D eigenvalue weighted by Crippen LogP contribution is 2.38. The predicted molar refractivity (Wildman–Crippen MR) is 64.5 cm³/mol. The fourth-order valence-corrected chi connectivity index (χ4v) is 2.46. The molecule has 1 aromatic rings. The molecule has 2 heteroatoms. The van der Waals surface area contributed by atoms with Gasteiger partial charge >= 0.3 is 0 Å². The molecule has 1 N–H and O–H groups in total. The third-order valence-electron chi connectivity index (χ3n) is 3.39. The third kappa shape index (κ3) is 1.76. The van der Waals surface area contributed by atoms with E-state index in [0.29, 0.717) is 5.92 Å². The van der Waals surface area contributed by atoms with Crippen molar-refractivity contribution in [3.05, 3.63) is 30.4 Å². The van der Waals surface area contributed by atoms with E-state index in [1.807, 2.05) is 6.08 Å². The molecule has 1 heterocycles. The smallest absolute Gasteiger partial charge is 0.110 e. The molecule has 0 spiro atoms. The summed E-state index contributed by atoms with van der Waals surface area (Å²) in [5.74, 6) is 2.45. The monoisotopic (exact) mass is 202 g/mol. The zero-order valence-corrected chi connectivity index (χ0v) is 9.29. The third-order valence-corrected chi connectivity index (χ3v) is 3.39. The standard InChI is InChI=1S/C13H18N2/c1-4-11-12(5-2)15-13(14-11)10-8-6-7-9(10)3/h4-5,9-10H,1-2,6-8H2,3H3,(H,14,15). The maximum Gasteiger partial charge on any atom is 0.110 e. The Morgan fingerprint density at radius 1 is 1.33 bits per heavy atom. The fourth-order valence-electron chi connectivity index (χ4n) is 2.46. The minimum Gasteiger partial charge on any atom is -0.342 e. The minimum absolute atomic E-state index is 0.595. The Morgan fingerprint density at radius 3 is 2.60 bits per heavy atom. The van der Waals surface area contributed by atoms with E-state index in [4.69, 9.17) is 0 Å². The maximum absolute atomic E-state index is 4.59. The lowest BCUT2D eigenvalue weighted by atomic mass is 9.98. The molecule has 2 nitrogen and oxygen atoms in total. The lowest BCUT2D eigenvalue weighted by Gasteiger charge is -2.11. The second-order valence-corrected chi connectivity index (χ2v) is 4.34. The van der Waals surface area contributed by atoms with Gasteiger partial charge in [-0.1, -0.05) is 26.5 Å². The number of imidazole rings is 1. The van der Waals surface area contributed by atoms with Crippen LogP contribution in [0.5, 0.6) is 0 Å². The molecule has 0 saturated heterocycles. The molecule has 0 bridgehead atoms. The lowest BCUT2D eigenvalue weighted by molar-refractivity contribution is 0.513. The molecular weight excluding hydrogens is 184 g/mol. The molecule has 1 saturated carbocycles. The highest BCUT2D eigenvalue weighted by Gasteiger charge is 2.27. The van der Waals surface area contributed by atoms with Crippen molar-refractivity contribution < 1.29 is 0 Å². The number of hydrogen-bond donors (Lipinski definition) is 1. The molecular formula is C13H18N2. The van der Waals surface area contributed by atoms with Crippen LogP contribution in [0.4, 0.5) is 0 Å². The van der Waals surface area contributed by atoms with Gasteiger partial charge in [-0.05, 0) is 30.9 Å². The molecule has 1 aliphatic carbocycles. The maximum atomic E-state index is 4.59. The van der Waals surface area contributed by atoms with Crippen LogP contribution in [0, 0.1) is 5.92 Å². The van der Waals surface area contributed by atoms with Crippen LogP contribution < -0.4 is 0 Å². The van der Waals surface area contributed by atoms with E-state index in [-0.39, 0.29) is 0 Å². The summed E-state index contributed by atoms with van der Waals surface area (Å²) in [7, 11) is 0. The van der Waals surface area contributed by atoms with Gasteiger partial charge in [-0.2, -0.15) is 0 Å². The van der Waals surface area contributed by atoms with E-state index in [1.54, 1.807) is 6.08 Å². The summed E-state index contributed by atoms with van der Waals surface area (Å²) in [6, 6.07) is 0. The molecule has 1 aliphatic rings. The first-order valence-electron chi connectivity index (χ1n) is 5.61. The molecule has 0 aromatic carbocycles. The molecule has 0 radical (unpaired) electrons. The number of aromatic amines is 1. The first kappa shape index (κ1) is 10.2. The summed E-state index contributed by atoms with van der Waals surface area (Å²) in [5, 5.41) is 0. The summed E-state index contributed by atoms with van der Waals surface area (Å²) < 4.78 is 0. The average Bonchev–Trinajstić information content (AvgIpc) is 2.82. The summed E-state index contributed by atoms with van der Waals surface area (Å²) in [5.41, 5.74) is 1.93. The lowest BCUT2D eigenvalue weighted by Crippen LogP contribution is -2.03. The van der Waals surface area contributed by atoms with Gasteiger partial charge in [0.25, 0.3) is 0 Å². The van der Waals surface area contributed by atoms with Gasteiger partial charge < -0.3 is 4.98 Å². The number of rotatable bonds is 3. The SMILES string of the molecule is C=Cc1nc(C2CCCC2C)[nH]c1C=C. The zero-order valence-electron chi connectivity index (χ0n) is 9.29. The normalized spacial score (nSPS) is 25.4. The Labute approximate surface area is 91.1 Å². The Balaban J connectivity index is 2.32. The van der Waals surface area contributed by atoms with Crippen molar-refractivity contribution >= 4 is 12.2 Å². The molecule has 15 heavy (non-hydrogen) atoms. The summed E-state index contributed by atoms with van der Waals surface area (Å²) >= 11 is 0. The van der Waals surface area contributed by atoms with Gasteiger partial charge in [0.15, 0.2) is 0 Å². The number of nitrogens with one attached hydrogen (secondary N) is 1. The van der Waals surface area contributed by atoms with Gasteiger partial charge in [0.2, 0.25) is 0 Å². The predicted octanol–water partition coefficient (Wildman–Crippen LogP) is 3.60. The molecule has 0 amide bonds. The first-order chi connectivity index (χ1) is 7.26. The van der Waals surface area contributed by atoms with Gasteiger partial charge in [-0.15, -0.1) is 0 Å². The molecule has 2 unspecified atom stereocenters. The van der Waals surface area contributed by atoms with Crippen LogP contribution in [-0.4, -0.2) is 9.97 Å². The van der Waals surface area contributed by atoms with Crippen LogP contribution in [0.3, 0.4) is 0 Å². The van der Waals surface area contributed by atoms with E-state index in [2.05, 4.69) is 30.0 Å². The van der Waals surface area contributed by atoms with Crippen molar-refractivity contribution in [3.8, 4) is 0 Å². The molecule has 0 aliphatic heterocycles. The number of aromatic nitrogens is 2. The summed E-state index contributed by atoms with van der Waals surface area (Å²) in [6.45, 7) is 9.85. The van der Waals surface area contributed by atoms with Crippen LogP contribution in [0.15, 0.2) is 13.2 Å². The fraction of sp³-hybridized carbons (Fsp3) is 0.462. The second-order valence-electron chi connectivity index (χ2n) is 4.34. The molecule has 80 valence electrons. The van der Waals surface area contributed by atoms with Crippen LogP contribution >= 0.6 is 0 Å². The zero-order chi connectivity index (χ0) is 10.8. The number of nitrogens with zero attached hydrogens (tertiary/aromatic N) is 1. The topological polar surface area (TPSA) is 28.7 Å². The van der Waals surface area contributed by atoms with Crippen molar-refractivity contribution in [2.24, 2.45) is 5.92 Å². The molecule has 2 rings (SSSR count). The van der Waals surface area contributed by atoms with E-state index in [9.17, 15) is 0 Å². The van der Waals surface area contributed by atoms with Gasteiger partial charge in [-0.25, -0.2) is 4.98 Å². The number of H-pyrrole nitrogens is 1. The van der Waals surface area contributed by atoms with E-state index >= 15 is 0 Å². The highest BCUT2D eigenvalue weighted by atomic mass is 14.9. The minimum atomic E-state index is 0.595. The van der Waals surface area contributed by atoms with Gasteiger partial charge in [0.1, 0.15) is 5.82 Å². The Hall–Kier alpha value is -1.31. The van der Waals surface area contributed by atoms with Crippen LogP contribution in [-0.2, 0) is 0 Å². The molecule has 2 atom stereocenters. The quantitative estimate of drug-likeness (QED) is 0.797. The van der Waals surface area contributed by atoms with Crippen molar-refractivity contribution in [3.63, 3.8) is 0 Å². The largest absolute Gasteiger partial charge is 0.342 e. The number of hydrogen-bond acceptors (Lipinski definition) is 1. The first-order valence-corrected chi connectivity index (χ1v) is 5.61. The summed E-state index contributed by atoms with van der Waals surface area (Å²) in [4.78, 5) is 7.94. The highest BCUT2D eigenvalue weighted by molar-refractivity contribution is 5.57. The Kier molecular flexibility index (Phi) is 2.76. The Bertz CT molecular complexity index is 350. The van der Waals surface area contributed by atoms with Crippen LogP contribution in [0.1, 0.15) is 49.3 Å². The molecule has 1 fully saturated rings. The van der Waals surface area contributed by atoms with Crippen molar-refractivity contribution in [1.82, 2.24) is 9.97 Å². The second kappa shape index (κ2) is 4.05. The van der Waals surface area contributed by atoms with Gasteiger partial charge in [-0.3, -0.25) is 0 Å². The van der Waals surface area contributed by atoms with Crippen molar-refractivity contribution in [2.75, 3.05) is 0 Å². The Morgan fingerprint density at radius 2 is 2.13 bits per heavy atom. The van der Waals surface area contributed by atoms with E-state index in [0.717, 1.165) is 23.1 Å². The van der Waals surface area contributed by atoms with Crippen LogP contribution in [0.2, 0.25) is 0 Å². The van der Waals surface area contributed by atoms with Crippen molar-refractivity contribution in [1.29, 1.82) is 0 Å². The van der Waals surface area contributed by atoms with E-state index < -0.39 is 0 Å².